The van der Waals surface area contributed by atoms with Crippen LogP contribution in [-0.4, -0.2) is 40.1 Å². The number of hydrogen-bond acceptors (Lipinski definition) is 6. The highest BCUT2D eigenvalue weighted by Crippen LogP contribution is 2.48. The molecule has 1 unspecified atom stereocenters. The number of pyridine rings is 1. The maximum Gasteiger partial charge on any atom is 0.179 e. The van der Waals surface area contributed by atoms with Crippen LogP contribution in [-0.2, 0) is 11.2 Å². The van der Waals surface area contributed by atoms with Crippen LogP contribution >= 0.6 is 11.6 Å². The lowest BCUT2D eigenvalue weighted by molar-refractivity contribution is -0.104. The highest BCUT2D eigenvalue weighted by molar-refractivity contribution is 6.30. The van der Waals surface area contributed by atoms with Crippen molar-refractivity contribution in [2.45, 2.75) is 43.7 Å². The second kappa shape index (κ2) is 9.01. The molecule has 2 aliphatic rings. The summed E-state index contributed by atoms with van der Waals surface area (Å²) in [4.78, 5) is 22.5. The number of aromatic nitrogens is 1. The summed E-state index contributed by atoms with van der Waals surface area (Å²) < 4.78 is 0. The number of likely N-dealkylation sites (tertiary alicyclic amines) is 1. The molecule has 32 heavy (non-hydrogen) atoms. The van der Waals surface area contributed by atoms with Crippen LogP contribution in [0.15, 0.2) is 53.2 Å². The largest absolute Gasteiger partial charge is 0.398 e. The summed E-state index contributed by atoms with van der Waals surface area (Å²) >= 11 is 5.88. The lowest BCUT2D eigenvalue weighted by atomic mass is 9.97. The van der Waals surface area contributed by atoms with Gasteiger partial charge in [0, 0.05) is 18.3 Å². The van der Waals surface area contributed by atoms with E-state index in [2.05, 4.69) is 16.2 Å². The topological polar surface area (TPSA) is 121 Å². The van der Waals surface area contributed by atoms with Gasteiger partial charge in [-0.2, -0.15) is 5.26 Å². The number of aliphatic imine (C=N–C) groups is 1. The number of amidine groups is 1. The zero-order valence-corrected chi connectivity index (χ0v) is 18.4. The number of nitrogens with two attached hydrogens (primary N) is 2. The number of halogens is 1. The van der Waals surface area contributed by atoms with Gasteiger partial charge in [-0.25, -0.2) is 0 Å². The van der Waals surface area contributed by atoms with E-state index in [4.69, 9.17) is 23.1 Å². The van der Waals surface area contributed by atoms with Crippen molar-refractivity contribution in [2.24, 2.45) is 16.5 Å². The van der Waals surface area contributed by atoms with Gasteiger partial charge in [-0.1, -0.05) is 35.9 Å². The number of rotatable bonds is 6. The van der Waals surface area contributed by atoms with Crippen molar-refractivity contribution in [1.29, 1.82) is 5.26 Å². The number of nitriles is 1. The smallest absolute Gasteiger partial charge is 0.179 e. The summed E-state index contributed by atoms with van der Waals surface area (Å²) in [5, 5.41) is 10.0. The van der Waals surface area contributed by atoms with Crippen LogP contribution < -0.4 is 11.5 Å². The summed E-state index contributed by atoms with van der Waals surface area (Å²) in [6.07, 6.45) is 9.09. The van der Waals surface area contributed by atoms with Crippen molar-refractivity contribution in [3.8, 4) is 6.19 Å². The second-order valence-corrected chi connectivity index (χ2v) is 8.86. The van der Waals surface area contributed by atoms with E-state index < -0.39 is 0 Å². The molecular weight excluding hydrogens is 424 g/mol. The normalized spacial score (nSPS) is 20.4. The second-order valence-electron chi connectivity index (χ2n) is 8.43. The summed E-state index contributed by atoms with van der Waals surface area (Å²) in [6.45, 7) is 0.524. The molecule has 164 valence electrons. The lowest BCUT2D eigenvalue weighted by Crippen LogP contribution is -2.44. The SMILES string of the molecule is N#CN1CC(N=C(N)C(C=O)=C(N)c2ccc(Cc3ccc(Cl)cn3)cc2)CCC12CC2. The van der Waals surface area contributed by atoms with Gasteiger partial charge in [0.2, 0.25) is 0 Å². The van der Waals surface area contributed by atoms with Crippen LogP contribution in [0.3, 0.4) is 0 Å². The minimum absolute atomic E-state index is 0.0428. The third kappa shape index (κ3) is 4.61. The Morgan fingerprint density at radius 2 is 2.00 bits per heavy atom. The fourth-order valence-electron chi connectivity index (χ4n) is 4.19. The summed E-state index contributed by atoms with van der Waals surface area (Å²) in [6, 6.07) is 11.2. The molecule has 1 atom stereocenters. The van der Waals surface area contributed by atoms with Crippen molar-refractivity contribution < 1.29 is 4.79 Å². The number of hydrogen-bond donors (Lipinski definition) is 2. The molecule has 2 fully saturated rings. The predicted molar refractivity (Wildman–Crippen MR) is 125 cm³/mol. The summed E-state index contributed by atoms with van der Waals surface area (Å²) in [5.41, 5.74) is 15.6. The molecule has 1 saturated carbocycles. The van der Waals surface area contributed by atoms with E-state index in [1.54, 1.807) is 6.20 Å². The Morgan fingerprint density at radius 3 is 2.59 bits per heavy atom. The lowest BCUT2D eigenvalue weighted by Gasteiger charge is -2.35. The molecule has 4 N–H and O–H groups in total. The molecule has 1 aromatic carbocycles. The van der Waals surface area contributed by atoms with Crippen molar-refractivity contribution in [1.82, 2.24) is 9.88 Å². The first-order chi connectivity index (χ1) is 15.4. The van der Waals surface area contributed by atoms with Gasteiger partial charge >= 0.3 is 0 Å². The van der Waals surface area contributed by atoms with E-state index in [9.17, 15) is 10.1 Å². The Kier molecular flexibility index (Phi) is 6.15. The van der Waals surface area contributed by atoms with Crippen molar-refractivity contribution in [2.75, 3.05) is 6.54 Å². The Hall–Kier alpha value is -3.37. The fraction of sp³-hybridized carbons (Fsp3) is 0.333. The Bertz CT molecular complexity index is 1100. The molecule has 2 heterocycles. The average Bonchev–Trinajstić information content (AvgIpc) is 3.58. The third-order valence-electron chi connectivity index (χ3n) is 6.30. The van der Waals surface area contributed by atoms with Gasteiger partial charge in [-0.3, -0.25) is 14.8 Å². The number of benzene rings is 1. The number of nitrogens with zero attached hydrogens (tertiary/aromatic N) is 4. The van der Waals surface area contributed by atoms with Crippen LogP contribution in [0, 0.1) is 11.5 Å². The molecule has 1 aliphatic carbocycles. The van der Waals surface area contributed by atoms with Crippen LogP contribution in [0.4, 0.5) is 0 Å². The molecule has 1 spiro atoms. The standard InChI is InChI=1S/C24H25ClN6O/c25-18-5-6-19(29-12-18)11-16-1-3-17(4-2-16)22(27)21(14-32)23(28)30-20-7-8-24(9-10-24)31(13-20)15-26/h1-6,12,14,20H,7-11,13,27H2,(H2,28,30). The zero-order chi connectivity index (χ0) is 22.7. The number of piperidine rings is 1. The molecule has 4 rings (SSSR count). The van der Waals surface area contributed by atoms with Crippen molar-refractivity contribution >= 4 is 29.4 Å². The average molecular weight is 449 g/mol. The maximum atomic E-state index is 11.8. The summed E-state index contributed by atoms with van der Waals surface area (Å²) in [7, 11) is 0. The molecule has 0 bridgehead atoms. The molecule has 1 aromatic heterocycles. The molecule has 1 saturated heterocycles. The van der Waals surface area contributed by atoms with Crippen LogP contribution in [0.25, 0.3) is 5.70 Å². The Morgan fingerprint density at radius 1 is 1.25 bits per heavy atom. The number of carbonyl (C=O) groups is 1. The van der Waals surface area contributed by atoms with E-state index >= 15 is 0 Å². The highest BCUT2D eigenvalue weighted by atomic mass is 35.5. The van der Waals surface area contributed by atoms with E-state index in [0.717, 1.165) is 36.9 Å². The first-order valence-corrected chi connectivity index (χ1v) is 11.0. The van der Waals surface area contributed by atoms with Crippen LogP contribution in [0.5, 0.6) is 0 Å². The van der Waals surface area contributed by atoms with Crippen LogP contribution in [0.2, 0.25) is 5.02 Å². The number of carbonyl (C=O) groups excluding carboxylic acids is 1. The Balaban J connectivity index is 1.49. The molecule has 0 amide bonds. The van der Waals surface area contributed by atoms with Crippen molar-refractivity contribution in [3.05, 3.63) is 70.0 Å². The van der Waals surface area contributed by atoms with Crippen LogP contribution in [0.1, 0.15) is 42.5 Å². The molecule has 7 nitrogen and oxygen atoms in total. The van der Waals surface area contributed by atoms with Crippen molar-refractivity contribution in [3.63, 3.8) is 0 Å². The highest BCUT2D eigenvalue weighted by Gasteiger charge is 2.50. The molecular formula is C24H25ClN6O. The molecule has 0 radical (unpaired) electrons. The molecule has 8 heteroatoms. The van der Waals surface area contributed by atoms with E-state index in [-0.39, 0.29) is 28.7 Å². The zero-order valence-electron chi connectivity index (χ0n) is 17.7. The van der Waals surface area contributed by atoms with Gasteiger partial charge in [0.1, 0.15) is 5.84 Å². The number of aldehydes is 1. The van der Waals surface area contributed by atoms with Gasteiger partial charge in [-0.05, 0) is 48.9 Å². The van der Waals surface area contributed by atoms with E-state index in [1.165, 1.54) is 0 Å². The predicted octanol–water partition coefficient (Wildman–Crippen LogP) is 3.03. The monoisotopic (exact) mass is 448 g/mol. The fourth-order valence-corrected chi connectivity index (χ4v) is 4.30. The van der Waals surface area contributed by atoms with Gasteiger partial charge in [0.15, 0.2) is 12.5 Å². The minimum atomic E-state index is -0.127. The minimum Gasteiger partial charge on any atom is -0.398 e. The first-order valence-electron chi connectivity index (χ1n) is 10.6. The first kappa shape index (κ1) is 21.8. The summed E-state index contributed by atoms with van der Waals surface area (Å²) in [5.74, 6) is 0.113. The Labute approximate surface area is 192 Å². The van der Waals surface area contributed by atoms with Gasteiger partial charge < -0.3 is 16.4 Å². The molecule has 1 aliphatic heterocycles. The molecule has 2 aromatic rings. The third-order valence-corrected chi connectivity index (χ3v) is 6.52. The van der Waals surface area contributed by atoms with Gasteiger partial charge in [-0.15, -0.1) is 0 Å². The van der Waals surface area contributed by atoms with Gasteiger partial charge in [0.25, 0.3) is 0 Å². The van der Waals surface area contributed by atoms with Gasteiger partial charge in [0.05, 0.1) is 34.4 Å². The van der Waals surface area contributed by atoms with E-state index in [1.807, 2.05) is 41.3 Å². The quantitative estimate of drug-likeness (QED) is 0.230. The maximum absolute atomic E-state index is 11.8. The van der Waals surface area contributed by atoms with E-state index in [0.29, 0.717) is 29.8 Å².